The van der Waals surface area contributed by atoms with Crippen LogP contribution in [-0.4, -0.2) is 17.6 Å². The van der Waals surface area contributed by atoms with Gasteiger partial charge in [0.25, 0.3) is 11.7 Å². The molecule has 1 heterocycles. The third kappa shape index (κ3) is 4.42. The number of amides is 2. The minimum absolute atomic E-state index is 0.150. The molecule has 0 bridgehead atoms. The van der Waals surface area contributed by atoms with Crippen LogP contribution in [-0.2, 0) is 9.59 Å². The van der Waals surface area contributed by atoms with Crippen LogP contribution in [0, 0.1) is 5.92 Å². The minimum atomic E-state index is -0.774. The highest BCUT2D eigenvalue weighted by atomic mass is 16.7. The highest BCUT2D eigenvalue weighted by Crippen LogP contribution is 2.47. The predicted octanol–water partition coefficient (Wildman–Crippen LogP) is 4.57. The number of carbonyl (C=O) groups is 2. The van der Waals surface area contributed by atoms with Gasteiger partial charge in [-0.15, -0.1) is 0 Å². The third-order valence-electron chi connectivity index (χ3n) is 5.46. The van der Waals surface area contributed by atoms with Gasteiger partial charge in [-0.25, -0.2) is 0 Å². The normalized spacial score (nSPS) is 17.2. The van der Waals surface area contributed by atoms with E-state index in [1.165, 1.54) is 0 Å². The first-order valence-electron chi connectivity index (χ1n) is 10.6. The highest BCUT2D eigenvalue weighted by molar-refractivity contribution is 5.98. The van der Waals surface area contributed by atoms with Crippen molar-refractivity contribution >= 4 is 17.5 Å². The van der Waals surface area contributed by atoms with E-state index >= 15 is 0 Å². The molecule has 2 aliphatic rings. The lowest BCUT2D eigenvalue weighted by Gasteiger charge is -2.21. The molecule has 0 saturated heterocycles. The fourth-order valence-corrected chi connectivity index (χ4v) is 4.04. The topological polar surface area (TPSA) is 76.7 Å². The summed E-state index contributed by atoms with van der Waals surface area (Å²) in [5.41, 5.74) is 1.34. The Kier molecular flexibility index (Phi) is 5.66. The van der Waals surface area contributed by atoms with Crippen molar-refractivity contribution in [2.45, 2.75) is 57.8 Å². The Morgan fingerprint density at radius 1 is 1.00 bits per heavy atom. The van der Waals surface area contributed by atoms with E-state index in [9.17, 15) is 9.59 Å². The van der Waals surface area contributed by atoms with Crippen molar-refractivity contribution in [1.29, 1.82) is 0 Å². The number of hydrogen-bond donors (Lipinski definition) is 2. The second-order valence-electron chi connectivity index (χ2n) is 8.48. The monoisotopic (exact) mass is 408 g/mol. The average molecular weight is 408 g/mol. The second-order valence-corrected chi connectivity index (χ2v) is 8.48. The molecule has 2 amide bonds. The number of fused-ring (bicyclic) bond motifs is 1. The molecule has 0 radical (unpaired) electrons. The maximum atomic E-state index is 13.1. The van der Waals surface area contributed by atoms with E-state index < -0.39 is 11.8 Å². The summed E-state index contributed by atoms with van der Waals surface area (Å²) >= 11 is 0. The van der Waals surface area contributed by atoms with Crippen molar-refractivity contribution in [2.24, 2.45) is 5.92 Å². The molecule has 6 heteroatoms. The first kappa shape index (κ1) is 20.3. The van der Waals surface area contributed by atoms with E-state index in [1.54, 1.807) is 12.1 Å². The van der Waals surface area contributed by atoms with Crippen molar-refractivity contribution in [3.05, 3.63) is 54.1 Å². The van der Waals surface area contributed by atoms with Gasteiger partial charge in [0.05, 0.1) is 0 Å². The Balaban J connectivity index is 1.50. The molecule has 1 unspecified atom stereocenters. The number of benzene rings is 2. The fraction of sp³-hybridized carbons (Fsp3) is 0.417. The number of rotatable bonds is 6. The van der Waals surface area contributed by atoms with Gasteiger partial charge in [0.1, 0.15) is 6.04 Å². The minimum Gasteiger partial charge on any atom is -0.448 e. The van der Waals surface area contributed by atoms with Crippen LogP contribution in [0.15, 0.2) is 48.5 Å². The van der Waals surface area contributed by atoms with Crippen molar-refractivity contribution in [3.63, 3.8) is 0 Å². The van der Waals surface area contributed by atoms with Crippen LogP contribution < -0.4 is 20.1 Å². The van der Waals surface area contributed by atoms with Crippen molar-refractivity contribution in [3.8, 4) is 11.5 Å². The summed E-state index contributed by atoms with van der Waals surface area (Å²) < 4.78 is 12.1. The molecular formula is C24H28N2O4. The average Bonchev–Trinajstić information content (AvgIpc) is 3.31. The maximum Gasteiger partial charge on any atom is 0.251 e. The molecule has 1 spiro atoms. The van der Waals surface area contributed by atoms with Crippen LogP contribution in [0.2, 0.25) is 0 Å². The van der Waals surface area contributed by atoms with Crippen LogP contribution in [0.25, 0.3) is 0 Å². The van der Waals surface area contributed by atoms with Gasteiger partial charge in [-0.2, -0.15) is 0 Å². The molecule has 158 valence electrons. The van der Waals surface area contributed by atoms with Crippen molar-refractivity contribution < 1.29 is 19.1 Å². The first-order valence-corrected chi connectivity index (χ1v) is 10.6. The zero-order valence-corrected chi connectivity index (χ0v) is 17.4. The molecule has 2 aromatic rings. The molecule has 2 N–H and O–H groups in total. The lowest BCUT2D eigenvalue weighted by molar-refractivity contribution is -0.127. The quantitative estimate of drug-likeness (QED) is 0.734. The Labute approximate surface area is 177 Å². The number of ether oxygens (including phenoxy) is 2. The summed E-state index contributed by atoms with van der Waals surface area (Å²) in [7, 11) is 0. The second kappa shape index (κ2) is 8.38. The maximum absolute atomic E-state index is 13.1. The van der Waals surface area contributed by atoms with E-state index in [2.05, 4.69) is 10.6 Å². The molecular weight excluding hydrogens is 380 g/mol. The van der Waals surface area contributed by atoms with E-state index in [4.69, 9.17) is 9.47 Å². The van der Waals surface area contributed by atoms with Gasteiger partial charge in [-0.05, 0) is 36.5 Å². The summed E-state index contributed by atoms with van der Waals surface area (Å²) in [6.07, 6.45) is 4.30. The lowest BCUT2D eigenvalue weighted by Crippen LogP contribution is -2.37. The summed E-state index contributed by atoms with van der Waals surface area (Å²) in [5.74, 6) is 0.578. The van der Waals surface area contributed by atoms with E-state index in [0.29, 0.717) is 23.6 Å². The fourth-order valence-electron chi connectivity index (χ4n) is 4.04. The van der Waals surface area contributed by atoms with Crippen LogP contribution >= 0.6 is 0 Å². The molecule has 1 saturated carbocycles. The van der Waals surface area contributed by atoms with Gasteiger partial charge >= 0.3 is 0 Å². The van der Waals surface area contributed by atoms with Gasteiger partial charge in [0.2, 0.25) is 5.91 Å². The predicted molar refractivity (Wildman–Crippen MR) is 114 cm³/mol. The van der Waals surface area contributed by atoms with E-state index in [1.807, 2.05) is 50.2 Å². The van der Waals surface area contributed by atoms with Crippen molar-refractivity contribution in [2.75, 3.05) is 5.32 Å². The number of carbonyl (C=O) groups excluding carboxylic acids is 2. The molecule has 1 aliphatic heterocycles. The molecule has 6 nitrogen and oxygen atoms in total. The number of nitrogens with one attached hydrogen (secondary N) is 2. The Morgan fingerprint density at radius 2 is 1.70 bits per heavy atom. The molecule has 30 heavy (non-hydrogen) atoms. The van der Waals surface area contributed by atoms with E-state index in [0.717, 1.165) is 31.2 Å². The Bertz CT molecular complexity index is 920. The summed E-state index contributed by atoms with van der Waals surface area (Å²) in [6.45, 7) is 3.95. The SMILES string of the molecule is CC(C)CC(=O)NC(C(=O)Nc1ccc2c(c1)OC1(CCCC1)O2)c1ccccc1. The Morgan fingerprint density at radius 3 is 2.40 bits per heavy atom. The van der Waals surface area contributed by atoms with E-state index in [-0.39, 0.29) is 17.7 Å². The van der Waals surface area contributed by atoms with Gasteiger partial charge in [0, 0.05) is 31.0 Å². The smallest absolute Gasteiger partial charge is 0.251 e. The standard InChI is InChI=1S/C24H28N2O4/c1-16(2)14-21(27)26-22(17-8-4-3-5-9-17)23(28)25-18-10-11-19-20(15-18)30-24(29-19)12-6-7-13-24/h3-5,8-11,15-16,22H,6-7,12-14H2,1-2H3,(H,25,28)(H,26,27). The summed E-state index contributed by atoms with van der Waals surface area (Å²) in [6, 6.07) is 13.9. The molecule has 4 rings (SSSR count). The van der Waals surface area contributed by atoms with Crippen molar-refractivity contribution in [1.82, 2.24) is 5.32 Å². The van der Waals surface area contributed by atoms with Gasteiger partial charge in [-0.1, -0.05) is 44.2 Å². The number of anilines is 1. The highest BCUT2D eigenvalue weighted by Gasteiger charge is 2.44. The lowest BCUT2D eigenvalue weighted by atomic mass is 10.0. The zero-order valence-electron chi connectivity index (χ0n) is 17.4. The van der Waals surface area contributed by atoms with Crippen LogP contribution in [0.3, 0.4) is 0 Å². The van der Waals surface area contributed by atoms with Gasteiger partial charge < -0.3 is 20.1 Å². The zero-order chi connectivity index (χ0) is 21.1. The van der Waals surface area contributed by atoms with Crippen LogP contribution in [0.5, 0.6) is 11.5 Å². The third-order valence-corrected chi connectivity index (χ3v) is 5.46. The molecule has 1 fully saturated rings. The molecule has 1 atom stereocenters. The van der Waals surface area contributed by atoms with Gasteiger partial charge in [-0.3, -0.25) is 9.59 Å². The number of hydrogen-bond acceptors (Lipinski definition) is 4. The first-order chi connectivity index (χ1) is 14.4. The van der Waals surface area contributed by atoms with Crippen LogP contribution in [0.4, 0.5) is 5.69 Å². The van der Waals surface area contributed by atoms with Gasteiger partial charge in [0.15, 0.2) is 11.5 Å². The largest absolute Gasteiger partial charge is 0.448 e. The Hall–Kier alpha value is -3.02. The molecule has 1 aliphatic carbocycles. The molecule has 2 aromatic carbocycles. The summed E-state index contributed by atoms with van der Waals surface area (Å²) in [5, 5.41) is 5.79. The molecule has 0 aromatic heterocycles. The van der Waals surface area contributed by atoms with Crippen LogP contribution in [0.1, 0.15) is 57.6 Å². The summed E-state index contributed by atoms with van der Waals surface area (Å²) in [4.78, 5) is 25.4.